The molecule has 0 bridgehead atoms. The fourth-order valence-corrected chi connectivity index (χ4v) is 1.67. The van der Waals surface area contributed by atoms with Gasteiger partial charge in [0.1, 0.15) is 0 Å². The summed E-state index contributed by atoms with van der Waals surface area (Å²) in [6, 6.07) is 1.38. The quantitative estimate of drug-likeness (QED) is 0.642. The van der Waals surface area contributed by atoms with Gasteiger partial charge in [-0.3, -0.25) is 10.1 Å². The third kappa shape index (κ3) is 3.64. The SMILES string of the molecule is CC(C)C(CN)Nc1ncc(Br)cc1[N+](=O)[O-]. The summed E-state index contributed by atoms with van der Waals surface area (Å²) in [6.07, 6.45) is 1.52. The Kier molecular flexibility index (Phi) is 4.83. The smallest absolute Gasteiger partial charge is 0.312 e. The van der Waals surface area contributed by atoms with Crippen LogP contribution in [0.4, 0.5) is 11.5 Å². The van der Waals surface area contributed by atoms with E-state index in [2.05, 4.69) is 26.2 Å². The topological polar surface area (TPSA) is 94.1 Å². The molecule has 0 spiro atoms. The van der Waals surface area contributed by atoms with Crippen LogP contribution in [0, 0.1) is 16.0 Å². The molecule has 0 saturated carbocycles. The van der Waals surface area contributed by atoms with Crippen molar-refractivity contribution in [3.8, 4) is 0 Å². The van der Waals surface area contributed by atoms with E-state index in [-0.39, 0.29) is 23.5 Å². The number of halogens is 1. The Balaban J connectivity index is 3.01. The number of pyridine rings is 1. The van der Waals surface area contributed by atoms with E-state index >= 15 is 0 Å². The molecule has 94 valence electrons. The van der Waals surface area contributed by atoms with Crippen molar-refractivity contribution in [1.82, 2.24) is 4.98 Å². The number of nitrogens with two attached hydrogens (primary N) is 1. The second-order valence-corrected chi connectivity index (χ2v) is 4.92. The third-order valence-corrected chi connectivity index (χ3v) is 2.85. The summed E-state index contributed by atoms with van der Waals surface area (Å²) in [5, 5.41) is 13.9. The highest BCUT2D eigenvalue weighted by molar-refractivity contribution is 9.10. The van der Waals surface area contributed by atoms with Crippen LogP contribution < -0.4 is 11.1 Å². The van der Waals surface area contributed by atoms with Crippen LogP contribution in [0.25, 0.3) is 0 Å². The molecule has 17 heavy (non-hydrogen) atoms. The van der Waals surface area contributed by atoms with Gasteiger partial charge in [-0.05, 0) is 21.8 Å². The normalized spacial score (nSPS) is 12.5. The molecule has 0 aromatic carbocycles. The molecule has 1 rings (SSSR count). The molecule has 7 heteroatoms. The first-order chi connectivity index (χ1) is 7.95. The molecule has 0 radical (unpaired) electrons. The third-order valence-electron chi connectivity index (χ3n) is 2.41. The van der Waals surface area contributed by atoms with Gasteiger partial charge in [0.05, 0.1) is 4.92 Å². The Bertz CT molecular complexity index is 411. The number of nitrogens with one attached hydrogen (secondary N) is 1. The average Bonchev–Trinajstić information content (AvgIpc) is 2.26. The van der Waals surface area contributed by atoms with E-state index in [0.717, 1.165) is 0 Å². The Hall–Kier alpha value is -1.21. The molecule has 0 aliphatic carbocycles. The van der Waals surface area contributed by atoms with Crippen molar-refractivity contribution >= 4 is 27.4 Å². The number of aromatic nitrogens is 1. The molecule has 0 amide bonds. The highest BCUT2D eigenvalue weighted by Crippen LogP contribution is 2.26. The standard InChI is InChI=1S/C10H15BrN4O2/c1-6(2)8(4-12)14-10-9(15(16)17)3-7(11)5-13-10/h3,5-6,8H,4,12H2,1-2H3,(H,13,14). The first-order valence-corrected chi connectivity index (χ1v) is 6.01. The van der Waals surface area contributed by atoms with E-state index in [1.165, 1.54) is 12.3 Å². The van der Waals surface area contributed by atoms with Gasteiger partial charge in [0.15, 0.2) is 0 Å². The van der Waals surface area contributed by atoms with Gasteiger partial charge in [0.25, 0.3) is 0 Å². The number of nitro groups is 1. The summed E-state index contributed by atoms with van der Waals surface area (Å²) in [7, 11) is 0. The van der Waals surface area contributed by atoms with Crippen molar-refractivity contribution in [2.24, 2.45) is 11.7 Å². The number of hydrogen-bond acceptors (Lipinski definition) is 5. The summed E-state index contributed by atoms with van der Waals surface area (Å²) in [6.45, 7) is 4.39. The van der Waals surface area contributed by atoms with Crippen LogP contribution in [-0.4, -0.2) is 22.5 Å². The average molecular weight is 303 g/mol. The van der Waals surface area contributed by atoms with E-state index < -0.39 is 4.92 Å². The number of nitrogens with zero attached hydrogens (tertiary/aromatic N) is 2. The molecule has 0 fully saturated rings. The largest absolute Gasteiger partial charge is 0.360 e. The van der Waals surface area contributed by atoms with Crippen LogP contribution in [0.1, 0.15) is 13.8 Å². The maximum atomic E-state index is 10.9. The molecular formula is C10H15BrN4O2. The van der Waals surface area contributed by atoms with Gasteiger partial charge < -0.3 is 11.1 Å². The molecule has 1 atom stereocenters. The highest BCUT2D eigenvalue weighted by Gasteiger charge is 2.20. The first kappa shape index (κ1) is 13.9. The summed E-state index contributed by atoms with van der Waals surface area (Å²) in [5.41, 5.74) is 5.55. The number of hydrogen-bond donors (Lipinski definition) is 2. The van der Waals surface area contributed by atoms with Crippen LogP contribution in [0.2, 0.25) is 0 Å². The first-order valence-electron chi connectivity index (χ1n) is 5.22. The Morgan fingerprint density at radius 3 is 2.76 bits per heavy atom. The summed E-state index contributed by atoms with van der Waals surface area (Å²) < 4.78 is 0.573. The molecule has 1 unspecified atom stereocenters. The zero-order valence-corrected chi connectivity index (χ0v) is 11.3. The van der Waals surface area contributed by atoms with E-state index in [9.17, 15) is 10.1 Å². The van der Waals surface area contributed by atoms with Crippen molar-refractivity contribution in [1.29, 1.82) is 0 Å². The predicted molar refractivity (Wildman–Crippen MR) is 69.9 cm³/mol. The van der Waals surface area contributed by atoms with Crippen molar-refractivity contribution in [2.45, 2.75) is 19.9 Å². The summed E-state index contributed by atoms with van der Waals surface area (Å²) >= 11 is 3.16. The van der Waals surface area contributed by atoms with E-state index in [1.54, 1.807) is 0 Å². The van der Waals surface area contributed by atoms with Crippen LogP contribution in [0.5, 0.6) is 0 Å². The molecular weight excluding hydrogens is 288 g/mol. The Morgan fingerprint density at radius 2 is 2.29 bits per heavy atom. The minimum absolute atomic E-state index is 0.0395. The van der Waals surface area contributed by atoms with Gasteiger partial charge in [-0.2, -0.15) is 0 Å². The lowest BCUT2D eigenvalue weighted by atomic mass is 10.0. The molecule has 1 heterocycles. The maximum absolute atomic E-state index is 10.9. The van der Waals surface area contributed by atoms with Crippen molar-refractivity contribution in [3.05, 3.63) is 26.9 Å². The monoisotopic (exact) mass is 302 g/mol. The zero-order chi connectivity index (χ0) is 13.0. The molecule has 1 aromatic rings. The fourth-order valence-electron chi connectivity index (χ4n) is 1.35. The van der Waals surface area contributed by atoms with Crippen LogP contribution >= 0.6 is 15.9 Å². The van der Waals surface area contributed by atoms with Gasteiger partial charge in [0.2, 0.25) is 5.82 Å². The van der Waals surface area contributed by atoms with Gasteiger partial charge >= 0.3 is 5.69 Å². The molecule has 3 N–H and O–H groups in total. The minimum Gasteiger partial charge on any atom is -0.360 e. The fraction of sp³-hybridized carbons (Fsp3) is 0.500. The second-order valence-electron chi connectivity index (χ2n) is 4.01. The molecule has 0 saturated heterocycles. The van der Waals surface area contributed by atoms with Crippen LogP contribution in [0.3, 0.4) is 0 Å². The van der Waals surface area contributed by atoms with Gasteiger partial charge in [0, 0.05) is 29.3 Å². The second kappa shape index (κ2) is 5.92. The Morgan fingerprint density at radius 1 is 1.65 bits per heavy atom. The van der Waals surface area contributed by atoms with Crippen LogP contribution in [0.15, 0.2) is 16.7 Å². The zero-order valence-electron chi connectivity index (χ0n) is 9.68. The molecule has 6 nitrogen and oxygen atoms in total. The van der Waals surface area contributed by atoms with E-state index in [0.29, 0.717) is 11.0 Å². The minimum atomic E-state index is -0.464. The van der Waals surface area contributed by atoms with Gasteiger partial charge in [-0.1, -0.05) is 13.8 Å². The molecule has 1 aromatic heterocycles. The molecule has 0 aliphatic rings. The van der Waals surface area contributed by atoms with Crippen molar-refractivity contribution < 1.29 is 4.92 Å². The lowest BCUT2D eigenvalue weighted by Crippen LogP contribution is -2.34. The Labute approximate surface area is 108 Å². The van der Waals surface area contributed by atoms with Crippen molar-refractivity contribution in [3.63, 3.8) is 0 Å². The summed E-state index contributed by atoms with van der Waals surface area (Å²) in [4.78, 5) is 14.4. The lowest BCUT2D eigenvalue weighted by Gasteiger charge is -2.20. The summed E-state index contributed by atoms with van der Waals surface area (Å²) in [5.74, 6) is 0.521. The van der Waals surface area contributed by atoms with Gasteiger partial charge in [-0.25, -0.2) is 4.98 Å². The highest BCUT2D eigenvalue weighted by atomic mass is 79.9. The number of rotatable bonds is 5. The van der Waals surface area contributed by atoms with Crippen molar-refractivity contribution in [2.75, 3.05) is 11.9 Å². The predicted octanol–water partition coefficient (Wildman–Crippen LogP) is 2.15. The van der Waals surface area contributed by atoms with E-state index in [1.807, 2.05) is 13.8 Å². The molecule has 0 aliphatic heterocycles. The van der Waals surface area contributed by atoms with Crippen LogP contribution in [-0.2, 0) is 0 Å². The number of anilines is 1. The maximum Gasteiger partial charge on any atom is 0.312 e. The van der Waals surface area contributed by atoms with E-state index in [4.69, 9.17) is 5.73 Å². The lowest BCUT2D eigenvalue weighted by molar-refractivity contribution is -0.384. The van der Waals surface area contributed by atoms with Gasteiger partial charge in [-0.15, -0.1) is 0 Å².